The number of hydrogen-bond donors (Lipinski definition) is 1. The molecule has 2 amide bonds. The monoisotopic (exact) mass is 294 g/mol. The Kier molecular flexibility index (Phi) is 5.17. The van der Waals surface area contributed by atoms with Crippen molar-refractivity contribution in [2.75, 3.05) is 13.1 Å². The summed E-state index contributed by atoms with van der Waals surface area (Å²) in [5, 5.41) is 7.03. The number of carbonyl (C=O) groups is 2. The molecule has 1 aliphatic rings. The molecule has 2 rings (SSSR count). The van der Waals surface area contributed by atoms with E-state index >= 15 is 0 Å². The lowest BCUT2D eigenvalue weighted by Gasteiger charge is -2.27. The maximum Gasteiger partial charge on any atom is 0.245 e. The second kappa shape index (κ2) is 6.88. The molecule has 1 aromatic heterocycles. The van der Waals surface area contributed by atoms with Gasteiger partial charge in [-0.3, -0.25) is 9.59 Å². The van der Waals surface area contributed by atoms with E-state index in [1.165, 1.54) is 5.56 Å². The summed E-state index contributed by atoms with van der Waals surface area (Å²) in [5.74, 6) is 0.232. The Morgan fingerprint density at radius 3 is 2.95 bits per heavy atom. The van der Waals surface area contributed by atoms with E-state index in [2.05, 4.69) is 16.8 Å². The molecule has 0 aliphatic carbocycles. The van der Waals surface area contributed by atoms with Crippen molar-refractivity contribution >= 4 is 23.2 Å². The van der Waals surface area contributed by atoms with Crippen LogP contribution in [0.2, 0.25) is 0 Å². The van der Waals surface area contributed by atoms with E-state index in [-0.39, 0.29) is 23.8 Å². The molecule has 1 fully saturated rings. The maximum absolute atomic E-state index is 12.6. The Morgan fingerprint density at radius 1 is 1.50 bits per heavy atom. The smallest absolute Gasteiger partial charge is 0.245 e. The molecule has 2 unspecified atom stereocenters. The third-order valence-electron chi connectivity index (χ3n) is 3.97. The van der Waals surface area contributed by atoms with Crippen LogP contribution in [-0.4, -0.2) is 35.8 Å². The van der Waals surface area contributed by atoms with Crippen molar-refractivity contribution in [1.82, 2.24) is 10.2 Å². The predicted octanol–water partition coefficient (Wildman–Crippen LogP) is 2.05. The fraction of sp³-hybridized carbons (Fsp3) is 0.600. The van der Waals surface area contributed by atoms with E-state index in [0.29, 0.717) is 19.5 Å². The zero-order valence-corrected chi connectivity index (χ0v) is 12.9. The van der Waals surface area contributed by atoms with Crippen LogP contribution in [0.25, 0.3) is 0 Å². The number of thiophene rings is 1. The topological polar surface area (TPSA) is 49.4 Å². The van der Waals surface area contributed by atoms with Gasteiger partial charge in [-0.05, 0) is 34.7 Å². The van der Waals surface area contributed by atoms with Crippen LogP contribution in [-0.2, 0) is 16.0 Å². The number of carbonyl (C=O) groups excluding carboxylic acids is 2. The summed E-state index contributed by atoms with van der Waals surface area (Å²) < 4.78 is 0. The highest BCUT2D eigenvalue weighted by Gasteiger charge is 2.32. The molecule has 1 saturated heterocycles. The van der Waals surface area contributed by atoms with Crippen LogP contribution in [0.4, 0.5) is 0 Å². The van der Waals surface area contributed by atoms with Crippen molar-refractivity contribution < 1.29 is 9.59 Å². The molecule has 2 atom stereocenters. The highest BCUT2D eigenvalue weighted by Crippen LogP contribution is 2.15. The number of nitrogens with zero attached hydrogens (tertiary/aromatic N) is 1. The minimum Gasteiger partial charge on any atom is -0.344 e. The van der Waals surface area contributed by atoms with Crippen molar-refractivity contribution in [3.8, 4) is 0 Å². The predicted molar refractivity (Wildman–Crippen MR) is 80.6 cm³/mol. The molecule has 1 N–H and O–H groups in total. The van der Waals surface area contributed by atoms with Gasteiger partial charge in [0, 0.05) is 19.5 Å². The van der Waals surface area contributed by atoms with Gasteiger partial charge < -0.3 is 10.2 Å². The zero-order chi connectivity index (χ0) is 14.5. The van der Waals surface area contributed by atoms with Gasteiger partial charge in [-0.1, -0.05) is 20.3 Å². The molecule has 0 bridgehead atoms. The van der Waals surface area contributed by atoms with Gasteiger partial charge >= 0.3 is 0 Å². The van der Waals surface area contributed by atoms with E-state index in [4.69, 9.17) is 0 Å². The molecule has 110 valence electrons. The summed E-state index contributed by atoms with van der Waals surface area (Å²) in [6.45, 7) is 5.29. The average molecular weight is 294 g/mol. The Labute approximate surface area is 124 Å². The summed E-state index contributed by atoms with van der Waals surface area (Å²) in [5.41, 5.74) is 1.26. The van der Waals surface area contributed by atoms with Gasteiger partial charge in [0.1, 0.15) is 6.04 Å². The summed E-state index contributed by atoms with van der Waals surface area (Å²) in [4.78, 5) is 26.2. The van der Waals surface area contributed by atoms with Crippen molar-refractivity contribution in [3.05, 3.63) is 22.4 Å². The SMILES string of the molecule is CCC(C)C1NC(=O)CCN(CCc2ccsc2)C1=O. The molecule has 0 aromatic carbocycles. The highest BCUT2D eigenvalue weighted by molar-refractivity contribution is 7.07. The van der Waals surface area contributed by atoms with E-state index in [1.807, 2.05) is 24.1 Å². The lowest BCUT2D eigenvalue weighted by Crippen LogP contribution is -2.48. The van der Waals surface area contributed by atoms with Gasteiger partial charge in [0.05, 0.1) is 0 Å². The molecule has 0 radical (unpaired) electrons. The molecule has 4 nitrogen and oxygen atoms in total. The minimum absolute atomic E-state index is 0.0123. The maximum atomic E-state index is 12.6. The third kappa shape index (κ3) is 3.60. The van der Waals surface area contributed by atoms with Crippen molar-refractivity contribution in [1.29, 1.82) is 0 Å². The fourth-order valence-corrected chi connectivity index (χ4v) is 3.10. The van der Waals surface area contributed by atoms with Crippen LogP contribution in [0.15, 0.2) is 16.8 Å². The molecule has 2 heterocycles. The van der Waals surface area contributed by atoms with E-state index in [0.717, 1.165) is 12.8 Å². The first-order valence-electron chi connectivity index (χ1n) is 7.21. The van der Waals surface area contributed by atoms with Crippen LogP contribution in [0.3, 0.4) is 0 Å². The Morgan fingerprint density at radius 2 is 2.30 bits per heavy atom. The number of rotatable bonds is 5. The van der Waals surface area contributed by atoms with Crippen molar-refractivity contribution in [2.45, 2.75) is 39.2 Å². The standard InChI is InChI=1S/C15H22N2O2S/c1-3-11(2)14-15(19)17(8-5-13(18)16-14)7-4-12-6-9-20-10-12/h6,9-11,14H,3-5,7-8H2,1-2H3,(H,16,18). The molecule has 20 heavy (non-hydrogen) atoms. The van der Waals surface area contributed by atoms with Crippen LogP contribution in [0.1, 0.15) is 32.3 Å². The van der Waals surface area contributed by atoms with Crippen LogP contribution in [0.5, 0.6) is 0 Å². The van der Waals surface area contributed by atoms with Crippen LogP contribution in [0, 0.1) is 5.92 Å². The quantitative estimate of drug-likeness (QED) is 0.903. The highest BCUT2D eigenvalue weighted by atomic mass is 32.1. The molecule has 1 aromatic rings. The van der Waals surface area contributed by atoms with Gasteiger partial charge in [0.2, 0.25) is 11.8 Å². The summed E-state index contributed by atoms with van der Waals surface area (Å²) >= 11 is 1.67. The van der Waals surface area contributed by atoms with E-state index in [9.17, 15) is 9.59 Å². The second-order valence-electron chi connectivity index (χ2n) is 5.39. The van der Waals surface area contributed by atoms with Crippen molar-refractivity contribution in [3.63, 3.8) is 0 Å². The second-order valence-corrected chi connectivity index (χ2v) is 6.17. The van der Waals surface area contributed by atoms with Gasteiger partial charge in [-0.25, -0.2) is 0 Å². The average Bonchev–Trinajstić information content (AvgIpc) is 2.91. The number of hydrogen-bond acceptors (Lipinski definition) is 3. The van der Waals surface area contributed by atoms with Gasteiger partial charge in [-0.2, -0.15) is 11.3 Å². The third-order valence-corrected chi connectivity index (χ3v) is 4.70. The first kappa shape index (κ1) is 15.0. The normalized spacial score (nSPS) is 21.5. The van der Waals surface area contributed by atoms with Gasteiger partial charge in [0.15, 0.2) is 0 Å². The summed E-state index contributed by atoms with van der Waals surface area (Å²) in [7, 11) is 0. The lowest BCUT2D eigenvalue weighted by atomic mass is 9.98. The van der Waals surface area contributed by atoms with Crippen molar-refractivity contribution in [2.24, 2.45) is 5.92 Å². The molecule has 0 spiro atoms. The van der Waals surface area contributed by atoms with Crippen LogP contribution < -0.4 is 5.32 Å². The first-order chi connectivity index (χ1) is 9.61. The van der Waals surface area contributed by atoms with Gasteiger partial charge in [-0.15, -0.1) is 0 Å². The Hall–Kier alpha value is -1.36. The molecule has 0 saturated carbocycles. The minimum atomic E-state index is -0.363. The summed E-state index contributed by atoms with van der Waals surface area (Å²) in [6.07, 6.45) is 2.15. The zero-order valence-electron chi connectivity index (χ0n) is 12.1. The summed E-state index contributed by atoms with van der Waals surface area (Å²) in [6, 6.07) is 1.72. The lowest BCUT2D eigenvalue weighted by molar-refractivity contribution is -0.134. The number of nitrogens with one attached hydrogen (secondary N) is 1. The molecular weight excluding hydrogens is 272 g/mol. The number of amides is 2. The molecule has 5 heteroatoms. The van der Waals surface area contributed by atoms with Gasteiger partial charge in [0.25, 0.3) is 0 Å². The first-order valence-corrected chi connectivity index (χ1v) is 8.15. The fourth-order valence-electron chi connectivity index (χ4n) is 2.39. The molecule has 1 aliphatic heterocycles. The Bertz CT molecular complexity index is 458. The van der Waals surface area contributed by atoms with E-state index in [1.54, 1.807) is 11.3 Å². The van der Waals surface area contributed by atoms with E-state index < -0.39 is 0 Å². The molecular formula is C15H22N2O2S. The van der Waals surface area contributed by atoms with Crippen LogP contribution >= 0.6 is 11.3 Å². The largest absolute Gasteiger partial charge is 0.344 e. The Balaban J connectivity index is 2.03.